The number of rotatable bonds is 7. The van der Waals surface area contributed by atoms with Crippen LogP contribution >= 0.6 is 0 Å². The van der Waals surface area contributed by atoms with Gasteiger partial charge in [-0.25, -0.2) is 9.37 Å². The summed E-state index contributed by atoms with van der Waals surface area (Å²) in [5.74, 6) is 0.00775. The van der Waals surface area contributed by atoms with Crippen molar-refractivity contribution in [2.75, 3.05) is 29.9 Å². The predicted octanol–water partition coefficient (Wildman–Crippen LogP) is 6.83. The Morgan fingerprint density at radius 1 is 1.16 bits per heavy atom. The number of anilines is 3. The second kappa shape index (κ2) is 11.2. The molecule has 0 spiro atoms. The van der Waals surface area contributed by atoms with Crippen LogP contribution in [-0.2, 0) is 17.5 Å². The van der Waals surface area contributed by atoms with Crippen LogP contribution in [0.1, 0.15) is 30.5 Å². The van der Waals surface area contributed by atoms with Crippen molar-refractivity contribution >= 4 is 23.1 Å². The number of hydrogen-bond acceptors (Lipinski definition) is 7. The molecular formula is C26H28F4N6O. The van der Waals surface area contributed by atoms with Crippen molar-refractivity contribution in [3.05, 3.63) is 71.2 Å². The van der Waals surface area contributed by atoms with Crippen molar-refractivity contribution in [2.45, 2.75) is 39.6 Å². The van der Waals surface area contributed by atoms with Crippen LogP contribution in [0.25, 0.3) is 0 Å². The van der Waals surface area contributed by atoms with Crippen molar-refractivity contribution in [3.63, 3.8) is 0 Å². The quantitative estimate of drug-likeness (QED) is 0.275. The molecular weight excluding hydrogens is 488 g/mol. The van der Waals surface area contributed by atoms with E-state index < -0.39 is 17.6 Å². The van der Waals surface area contributed by atoms with Crippen LogP contribution in [0.3, 0.4) is 0 Å². The van der Waals surface area contributed by atoms with Crippen molar-refractivity contribution in [1.29, 1.82) is 0 Å². The Bertz CT molecular complexity index is 1260. The number of halogens is 4. The van der Waals surface area contributed by atoms with Crippen LogP contribution in [-0.4, -0.2) is 35.8 Å². The standard InChI is InChI=1S/C26H28F4N6O/c1-16(2)23-15-36(9-10-37-23)24-22(27)14-31-25(34-24)35-32-13-18-7-8-21(11-17(18)3)33-20-6-4-5-19(12-20)26(28,29)30/h4-8,11-12,14,16,23,33H,9-10,13,15H2,1-3H3. The first kappa shape index (κ1) is 26.5. The average molecular weight is 517 g/mol. The van der Waals surface area contributed by atoms with Crippen molar-refractivity contribution in [3.8, 4) is 0 Å². The maximum atomic E-state index is 14.5. The molecule has 0 bridgehead atoms. The van der Waals surface area contributed by atoms with Gasteiger partial charge in [-0.2, -0.15) is 23.3 Å². The molecule has 4 rings (SSSR count). The van der Waals surface area contributed by atoms with Gasteiger partial charge in [0.2, 0.25) is 0 Å². The lowest BCUT2D eigenvalue weighted by Gasteiger charge is -2.35. The molecule has 1 atom stereocenters. The highest BCUT2D eigenvalue weighted by molar-refractivity contribution is 5.62. The Morgan fingerprint density at radius 3 is 2.68 bits per heavy atom. The number of nitrogens with zero attached hydrogens (tertiary/aromatic N) is 5. The molecule has 1 unspecified atom stereocenters. The van der Waals surface area contributed by atoms with E-state index >= 15 is 0 Å². The third-order valence-electron chi connectivity index (χ3n) is 6.07. The smallest absolute Gasteiger partial charge is 0.374 e. The maximum Gasteiger partial charge on any atom is 0.416 e. The molecule has 1 aliphatic rings. The van der Waals surface area contributed by atoms with E-state index in [-0.39, 0.29) is 24.4 Å². The van der Waals surface area contributed by atoms with Gasteiger partial charge in [-0.3, -0.25) is 0 Å². The van der Waals surface area contributed by atoms with Gasteiger partial charge in [-0.15, -0.1) is 5.11 Å². The molecule has 196 valence electrons. The summed E-state index contributed by atoms with van der Waals surface area (Å²) in [5, 5.41) is 11.2. The van der Waals surface area contributed by atoms with E-state index in [1.54, 1.807) is 12.1 Å². The molecule has 11 heteroatoms. The van der Waals surface area contributed by atoms with Crippen molar-refractivity contribution < 1.29 is 22.3 Å². The Morgan fingerprint density at radius 2 is 1.95 bits per heavy atom. The highest BCUT2D eigenvalue weighted by Gasteiger charge is 2.30. The highest BCUT2D eigenvalue weighted by Crippen LogP contribution is 2.32. The van der Waals surface area contributed by atoms with E-state index in [4.69, 9.17) is 4.74 Å². The average Bonchev–Trinajstić information content (AvgIpc) is 2.86. The fraction of sp³-hybridized carbons (Fsp3) is 0.385. The molecule has 37 heavy (non-hydrogen) atoms. The molecule has 2 aromatic carbocycles. The number of ether oxygens (including phenoxy) is 1. The summed E-state index contributed by atoms with van der Waals surface area (Å²) in [7, 11) is 0. The molecule has 1 N–H and O–H groups in total. The summed E-state index contributed by atoms with van der Waals surface area (Å²) < 4.78 is 59.1. The number of alkyl halides is 3. The molecule has 2 heterocycles. The largest absolute Gasteiger partial charge is 0.416 e. The third kappa shape index (κ3) is 6.79. The molecule has 0 saturated carbocycles. The number of morpholine rings is 1. The van der Waals surface area contributed by atoms with E-state index in [1.807, 2.05) is 24.0 Å². The molecule has 0 radical (unpaired) electrons. The molecule has 7 nitrogen and oxygen atoms in total. The zero-order chi connectivity index (χ0) is 26.6. The monoisotopic (exact) mass is 516 g/mol. The topological polar surface area (TPSA) is 75.0 Å². The van der Waals surface area contributed by atoms with Gasteiger partial charge in [0.1, 0.15) is 0 Å². The third-order valence-corrected chi connectivity index (χ3v) is 6.07. The minimum Gasteiger partial charge on any atom is -0.374 e. The van der Waals surface area contributed by atoms with Gasteiger partial charge < -0.3 is 15.0 Å². The normalized spacial score (nSPS) is 16.5. The van der Waals surface area contributed by atoms with Crippen LogP contribution in [0.2, 0.25) is 0 Å². The second-order valence-corrected chi connectivity index (χ2v) is 9.19. The lowest BCUT2D eigenvalue weighted by atomic mass is 10.1. The first-order valence-corrected chi connectivity index (χ1v) is 11.9. The van der Waals surface area contributed by atoms with Gasteiger partial charge in [0, 0.05) is 24.5 Å². The van der Waals surface area contributed by atoms with E-state index in [0.29, 0.717) is 37.0 Å². The summed E-state index contributed by atoms with van der Waals surface area (Å²) in [6, 6.07) is 10.4. The Hall–Kier alpha value is -3.60. The minimum absolute atomic E-state index is 0.0118. The zero-order valence-corrected chi connectivity index (χ0v) is 20.8. The number of hydrogen-bond donors (Lipinski definition) is 1. The molecule has 1 aliphatic heterocycles. The van der Waals surface area contributed by atoms with Crippen molar-refractivity contribution in [1.82, 2.24) is 9.97 Å². The number of benzene rings is 2. The van der Waals surface area contributed by atoms with Crippen LogP contribution in [0, 0.1) is 18.7 Å². The maximum absolute atomic E-state index is 14.5. The predicted molar refractivity (Wildman–Crippen MR) is 133 cm³/mol. The fourth-order valence-corrected chi connectivity index (χ4v) is 3.96. The van der Waals surface area contributed by atoms with Crippen LogP contribution in [0.5, 0.6) is 0 Å². The van der Waals surface area contributed by atoms with Crippen LogP contribution < -0.4 is 10.2 Å². The molecule has 0 amide bonds. The number of aromatic nitrogens is 2. The fourth-order valence-electron chi connectivity index (χ4n) is 3.96. The summed E-state index contributed by atoms with van der Waals surface area (Å²) >= 11 is 0. The van der Waals surface area contributed by atoms with Gasteiger partial charge in [-0.1, -0.05) is 26.0 Å². The van der Waals surface area contributed by atoms with Gasteiger partial charge in [0.25, 0.3) is 5.95 Å². The molecule has 3 aromatic rings. The minimum atomic E-state index is -4.41. The van der Waals surface area contributed by atoms with Crippen molar-refractivity contribution in [2.24, 2.45) is 16.1 Å². The van der Waals surface area contributed by atoms with E-state index in [9.17, 15) is 17.6 Å². The summed E-state index contributed by atoms with van der Waals surface area (Å²) in [6.07, 6.45) is -3.33. The van der Waals surface area contributed by atoms with Crippen LogP contribution in [0.4, 0.5) is 40.7 Å². The number of aryl methyl sites for hydroxylation is 1. The lowest BCUT2D eigenvalue weighted by molar-refractivity contribution is -0.137. The Kier molecular flexibility index (Phi) is 8.01. The van der Waals surface area contributed by atoms with Gasteiger partial charge in [-0.05, 0) is 54.3 Å². The summed E-state index contributed by atoms with van der Waals surface area (Å²) in [5.41, 5.74) is 2.02. The molecule has 1 saturated heterocycles. The van der Waals surface area contributed by atoms with Gasteiger partial charge in [0.05, 0.1) is 31.0 Å². The number of azo groups is 1. The van der Waals surface area contributed by atoms with Gasteiger partial charge in [0.15, 0.2) is 11.6 Å². The van der Waals surface area contributed by atoms with E-state index in [0.717, 1.165) is 29.5 Å². The SMILES string of the molecule is Cc1cc(Nc2cccc(C(F)(F)F)c2)ccc1CN=Nc1ncc(F)c(N2CCOC(C(C)C)C2)n1. The summed E-state index contributed by atoms with van der Waals surface area (Å²) in [6.45, 7) is 7.76. The zero-order valence-electron chi connectivity index (χ0n) is 20.8. The van der Waals surface area contributed by atoms with E-state index in [2.05, 4.69) is 39.4 Å². The summed E-state index contributed by atoms with van der Waals surface area (Å²) in [4.78, 5) is 10.0. The highest BCUT2D eigenvalue weighted by atomic mass is 19.4. The molecule has 0 aliphatic carbocycles. The Labute approximate surface area is 212 Å². The molecule has 1 aromatic heterocycles. The first-order valence-electron chi connectivity index (χ1n) is 11.9. The lowest BCUT2D eigenvalue weighted by Crippen LogP contribution is -2.45. The molecule has 1 fully saturated rings. The number of nitrogens with one attached hydrogen (secondary N) is 1. The first-order chi connectivity index (χ1) is 17.6. The second-order valence-electron chi connectivity index (χ2n) is 9.19. The van der Waals surface area contributed by atoms with E-state index in [1.165, 1.54) is 6.07 Å². The Balaban J connectivity index is 1.41. The van der Waals surface area contributed by atoms with Gasteiger partial charge >= 0.3 is 6.18 Å². The van der Waals surface area contributed by atoms with Crippen LogP contribution in [0.15, 0.2) is 58.9 Å².